The Bertz CT molecular complexity index is 1060. The first-order chi connectivity index (χ1) is 15.4. The summed E-state index contributed by atoms with van der Waals surface area (Å²) in [5.41, 5.74) is 11.6. The van der Waals surface area contributed by atoms with Gasteiger partial charge in [-0.2, -0.15) is 0 Å². The van der Waals surface area contributed by atoms with Gasteiger partial charge in [0.05, 0.1) is 12.8 Å². The Hall–Kier alpha value is -3.41. The van der Waals surface area contributed by atoms with Crippen LogP contribution in [0.4, 0.5) is 11.4 Å². The van der Waals surface area contributed by atoms with E-state index in [1.54, 1.807) is 13.2 Å². The van der Waals surface area contributed by atoms with Crippen molar-refractivity contribution < 1.29 is 4.74 Å². The molecule has 32 heavy (non-hydrogen) atoms. The predicted molar refractivity (Wildman–Crippen MR) is 134 cm³/mol. The number of nitrogens with zero attached hydrogens (tertiary/aromatic N) is 3. The van der Waals surface area contributed by atoms with E-state index in [0.29, 0.717) is 17.1 Å². The van der Waals surface area contributed by atoms with Crippen molar-refractivity contribution in [1.82, 2.24) is 4.90 Å². The second-order valence-electron chi connectivity index (χ2n) is 8.27. The second-order valence-corrected chi connectivity index (χ2v) is 8.27. The first-order valence-electron chi connectivity index (χ1n) is 11.1. The van der Waals surface area contributed by atoms with E-state index in [2.05, 4.69) is 24.0 Å². The lowest BCUT2D eigenvalue weighted by Crippen LogP contribution is -2.26. The van der Waals surface area contributed by atoms with Crippen molar-refractivity contribution >= 4 is 29.3 Å². The second kappa shape index (κ2) is 10.8. The number of hydrogen-bond acceptors (Lipinski definition) is 4. The fourth-order valence-corrected chi connectivity index (χ4v) is 3.67. The lowest BCUT2D eigenvalue weighted by molar-refractivity contribution is 0.413. The van der Waals surface area contributed by atoms with Gasteiger partial charge in [-0.25, -0.2) is 9.98 Å². The van der Waals surface area contributed by atoms with Crippen molar-refractivity contribution in [2.75, 3.05) is 12.8 Å². The summed E-state index contributed by atoms with van der Waals surface area (Å²) in [5, 5.41) is 7.56. The minimum atomic E-state index is 0.570. The van der Waals surface area contributed by atoms with Crippen LogP contribution >= 0.6 is 0 Å². The highest BCUT2D eigenvalue weighted by Gasteiger charge is 2.22. The van der Waals surface area contributed by atoms with Crippen LogP contribution in [-0.2, 0) is 13.1 Å². The van der Waals surface area contributed by atoms with Crippen molar-refractivity contribution in [1.29, 1.82) is 5.41 Å². The molecule has 0 saturated carbocycles. The molecule has 2 aromatic carbocycles. The monoisotopic (exact) mass is 431 g/mol. The highest BCUT2D eigenvalue weighted by atomic mass is 16.5. The lowest BCUT2D eigenvalue weighted by Gasteiger charge is -2.20. The van der Waals surface area contributed by atoms with Crippen LogP contribution in [0.15, 0.2) is 58.0 Å². The SMILES string of the molecule is CCCCC(=NC(C=C(C)C)=Nc1ccc(N)c(C=N)c1)N1Cc2ccc(OC)cc2C1. The molecule has 0 saturated heterocycles. The third-order valence-corrected chi connectivity index (χ3v) is 5.39. The van der Waals surface area contributed by atoms with E-state index in [-0.39, 0.29) is 0 Å². The molecule has 1 aliphatic heterocycles. The molecule has 0 unspecified atom stereocenters. The molecule has 3 rings (SSSR count). The van der Waals surface area contributed by atoms with E-state index < -0.39 is 0 Å². The minimum absolute atomic E-state index is 0.570. The molecule has 1 aliphatic rings. The Labute approximate surface area is 191 Å². The standard InChI is InChI=1S/C26H33N5O/c1-5-6-7-26(31-16-19-8-10-23(32-4)14-21(19)17-31)30-25(12-18(2)3)29-22-9-11-24(28)20(13-22)15-27/h8-15,27H,5-7,16-17,28H2,1-4H3. The van der Waals surface area contributed by atoms with Crippen LogP contribution in [0.3, 0.4) is 0 Å². The Morgan fingerprint density at radius 2 is 1.94 bits per heavy atom. The fraction of sp³-hybridized carbons (Fsp3) is 0.346. The van der Waals surface area contributed by atoms with Crippen molar-refractivity contribution in [2.45, 2.75) is 53.1 Å². The van der Waals surface area contributed by atoms with E-state index >= 15 is 0 Å². The summed E-state index contributed by atoms with van der Waals surface area (Å²) in [4.78, 5) is 12.2. The van der Waals surface area contributed by atoms with E-state index in [9.17, 15) is 0 Å². The lowest BCUT2D eigenvalue weighted by atomic mass is 10.1. The summed E-state index contributed by atoms with van der Waals surface area (Å²) in [7, 11) is 1.70. The number of nitrogens with two attached hydrogens (primary N) is 1. The summed E-state index contributed by atoms with van der Waals surface area (Å²) in [6.07, 6.45) is 6.31. The number of anilines is 1. The minimum Gasteiger partial charge on any atom is -0.497 e. The van der Waals surface area contributed by atoms with Gasteiger partial charge in [0.15, 0.2) is 5.84 Å². The number of aliphatic imine (C=N–C) groups is 2. The van der Waals surface area contributed by atoms with Crippen molar-refractivity contribution in [3.8, 4) is 5.75 Å². The number of nitrogens with one attached hydrogen (secondary N) is 1. The normalized spacial score (nSPS) is 13.7. The molecule has 2 aromatic rings. The summed E-state index contributed by atoms with van der Waals surface area (Å²) < 4.78 is 5.40. The zero-order chi connectivity index (χ0) is 23.1. The Balaban J connectivity index is 1.97. The molecule has 3 N–H and O–H groups in total. The highest BCUT2D eigenvalue weighted by Crippen LogP contribution is 2.28. The number of methoxy groups -OCH3 is 1. The molecule has 0 bridgehead atoms. The molecule has 1 heterocycles. The molecule has 0 amide bonds. The number of allylic oxidation sites excluding steroid dienone is 1. The number of rotatable bonds is 7. The van der Waals surface area contributed by atoms with E-state index in [1.807, 2.05) is 38.1 Å². The predicted octanol–water partition coefficient (Wildman–Crippen LogP) is 5.88. The first-order valence-corrected chi connectivity index (χ1v) is 11.1. The first kappa shape index (κ1) is 23.3. The van der Waals surface area contributed by atoms with Gasteiger partial charge in [-0.1, -0.05) is 25.0 Å². The largest absolute Gasteiger partial charge is 0.497 e. The Kier molecular flexibility index (Phi) is 7.82. The summed E-state index contributed by atoms with van der Waals surface area (Å²) in [6.45, 7) is 7.93. The van der Waals surface area contributed by atoms with E-state index in [0.717, 1.165) is 55.2 Å². The number of nitrogen functional groups attached to an aromatic ring is 1. The summed E-state index contributed by atoms with van der Waals surface area (Å²) in [5.74, 6) is 2.58. The van der Waals surface area contributed by atoms with Gasteiger partial charge in [-0.05, 0) is 67.8 Å². The highest BCUT2D eigenvalue weighted by molar-refractivity contribution is 6.04. The van der Waals surface area contributed by atoms with Crippen LogP contribution in [0.2, 0.25) is 0 Å². The topological polar surface area (TPSA) is 87.1 Å². The summed E-state index contributed by atoms with van der Waals surface area (Å²) >= 11 is 0. The van der Waals surface area contributed by atoms with Crippen LogP contribution in [0.1, 0.15) is 56.7 Å². The molecule has 0 radical (unpaired) electrons. The molecular weight excluding hydrogens is 398 g/mol. The van der Waals surface area contributed by atoms with Crippen molar-refractivity contribution in [2.24, 2.45) is 9.98 Å². The zero-order valence-electron chi connectivity index (χ0n) is 19.5. The molecule has 0 aromatic heterocycles. The fourth-order valence-electron chi connectivity index (χ4n) is 3.67. The van der Waals surface area contributed by atoms with Gasteiger partial charge in [0.1, 0.15) is 11.6 Å². The van der Waals surface area contributed by atoms with Gasteiger partial charge < -0.3 is 20.8 Å². The maximum absolute atomic E-state index is 7.56. The van der Waals surface area contributed by atoms with E-state index in [4.69, 9.17) is 25.9 Å². The van der Waals surface area contributed by atoms with Gasteiger partial charge in [0, 0.05) is 37.0 Å². The molecule has 6 nitrogen and oxygen atoms in total. The van der Waals surface area contributed by atoms with Crippen LogP contribution in [0, 0.1) is 5.41 Å². The van der Waals surface area contributed by atoms with Gasteiger partial charge in [0.2, 0.25) is 0 Å². The third-order valence-electron chi connectivity index (χ3n) is 5.39. The van der Waals surface area contributed by atoms with Crippen LogP contribution < -0.4 is 10.5 Å². The average molecular weight is 432 g/mol. The molecule has 6 heteroatoms. The van der Waals surface area contributed by atoms with Crippen LogP contribution in [0.25, 0.3) is 0 Å². The molecule has 0 atom stereocenters. The Morgan fingerprint density at radius 1 is 1.16 bits per heavy atom. The van der Waals surface area contributed by atoms with Gasteiger partial charge >= 0.3 is 0 Å². The average Bonchev–Trinajstić information content (AvgIpc) is 3.20. The van der Waals surface area contributed by atoms with E-state index in [1.165, 1.54) is 17.3 Å². The smallest absolute Gasteiger partial charge is 0.154 e. The molecule has 0 aliphatic carbocycles. The number of amidine groups is 2. The van der Waals surface area contributed by atoms with Gasteiger partial charge in [0.25, 0.3) is 0 Å². The van der Waals surface area contributed by atoms with Gasteiger partial charge in [-0.3, -0.25) is 0 Å². The van der Waals surface area contributed by atoms with Crippen molar-refractivity contribution in [3.05, 3.63) is 64.7 Å². The van der Waals surface area contributed by atoms with Crippen LogP contribution in [0.5, 0.6) is 5.75 Å². The van der Waals surface area contributed by atoms with Gasteiger partial charge in [-0.15, -0.1) is 0 Å². The number of unbranched alkanes of at least 4 members (excludes halogenated alkanes) is 1. The van der Waals surface area contributed by atoms with Crippen LogP contribution in [-0.4, -0.2) is 29.9 Å². The number of ether oxygens (including phenoxy) is 1. The molecule has 168 valence electrons. The van der Waals surface area contributed by atoms with Crippen molar-refractivity contribution in [3.63, 3.8) is 0 Å². The maximum Gasteiger partial charge on any atom is 0.154 e. The third kappa shape index (κ3) is 5.84. The number of benzene rings is 2. The summed E-state index contributed by atoms with van der Waals surface area (Å²) in [6, 6.07) is 11.7. The quantitative estimate of drug-likeness (QED) is 0.326. The maximum atomic E-state index is 7.56. The molecule has 0 spiro atoms. The molecule has 0 fully saturated rings. The number of hydrogen-bond donors (Lipinski definition) is 2. The number of fused-ring (bicyclic) bond motifs is 1. The Morgan fingerprint density at radius 3 is 2.62 bits per heavy atom. The molecular formula is C26H33N5O. The zero-order valence-corrected chi connectivity index (χ0v) is 19.5.